The zero-order valence-corrected chi connectivity index (χ0v) is 18.4. The van der Waals surface area contributed by atoms with Gasteiger partial charge in [-0.1, -0.05) is 18.9 Å². The first-order valence-corrected chi connectivity index (χ1v) is 11.1. The monoisotopic (exact) mass is 464 g/mol. The Bertz CT molecular complexity index is 1130. The third-order valence-electron chi connectivity index (χ3n) is 5.73. The number of aromatic nitrogens is 1. The van der Waals surface area contributed by atoms with Gasteiger partial charge in [0.1, 0.15) is 11.9 Å². The number of benzene rings is 1. The first-order valence-electron chi connectivity index (χ1n) is 11.1. The lowest BCUT2D eigenvalue weighted by molar-refractivity contribution is -0.126. The minimum atomic E-state index is -1.08. The van der Waals surface area contributed by atoms with E-state index in [1.54, 1.807) is 24.3 Å². The Kier molecular flexibility index (Phi) is 7.31. The predicted octanol–water partition coefficient (Wildman–Crippen LogP) is 3.38. The Hall–Kier alpha value is -4.01. The fourth-order valence-corrected chi connectivity index (χ4v) is 4.11. The topological polar surface area (TPSA) is 105 Å². The smallest absolute Gasteiger partial charge is 0.287 e. The van der Waals surface area contributed by atoms with Gasteiger partial charge in [0.05, 0.1) is 12.8 Å². The number of carbonyl (C=O) groups is 3. The Balaban J connectivity index is 1.66. The van der Waals surface area contributed by atoms with Crippen molar-refractivity contribution in [1.29, 1.82) is 0 Å². The van der Waals surface area contributed by atoms with Gasteiger partial charge in [0.15, 0.2) is 5.76 Å². The summed E-state index contributed by atoms with van der Waals surface area (Å²) in [6, 6.07) is 10.7. The molecular formula is C25H25FN4O4. The van der Waals surface area contributed by atoms with Gasteiger partial charge in [-0.25, -0.2) is 4.39 Å². The van der Waals surface area contributed by atoms with Crippen LogP contribution in [0.5, 0.6) is 0 Å². The molecule has 0 unspecified atom stereocenters. The van der Waals surface area contributed by atoms with Gasteiger partial charge in [0.25, 0.3) is 5.91 Å². The number of amides is 3. The minimum Gasteiger partial charge on any atom is -0.459 e. The number of anilines is 1. The van der Waals surface area contributed by atoms with Crippen molar-refractivity contribution in [2.24, 2.45) is 0 Å². The second-order valence-electron chi connectivity index (χ2n) is 8.08. The molecule has 1 aliphatic carbocycles. The van der Waals surface area contributed by atoms with Gasteiger partial charge in [-0.3, -0.25) is 24.3 Å². The maximum atomic E-state index is 14.2. The van der Waals surface area contributed by atoms with Crippen molar-refractivity contribution in [2.45, 2.75) is 37.8 Å². The second-order valence-corrected chi connectivity index (χ2v) is 8.08. The summed E-state index contributed by atoms with van der Waals surface area (Å²) in [6.07, 6.45) is 8.18. The summed E-state index contributed by atoms with van der Waals surface area (Å²) < 4.78 is 19.2. The van der Waals surface area contributed by atoms with Crippen molar-refractivity contribution in [2.75, 3.05) is 11.4 Å². The highest BCUT2D eigenvalue weighted by Gasteiger charge is 2.34. The molecular weight excluding hydrogens is 439 g/mol. The van der Waals surface area contributed by atoms with Gasteiger partial charge in [-0.15, -0.1) is 0 Å². The molecule has 1 aliphatic rings. The molecule has 176 valence electrons. The molecule has 0 aliphatic heterocycles. The number of nitrogens with one attached hydrogen (secondary N) is 2. The van der Waals surface area contributed by atoms with Crippen LogP contribution in [0.1, 0.15) is 47.8 Å². The fraction of sp³-hybridized carbons (Fsp3) is 0.280. The molecule has 0 bridgehead atoms. The summed E-state index contributed by atoms with van der Waals surface area (Å²) in [5.74, 6) is -2.05. The zero-order chi connectivity index (χ0) is 23.9. The number of hydrogen-bond acceptors (Lipinski definition) is 5. The number of carbonyl (C=O) groups excluding carboxylic acids is 3. The van der Waals surface area contributed by atoms with Gasteiger partial charge in [-0.05, 0) is 60.9 Å². The van der Waals surface area contributed by atoms with Gasteiger partial charge < -0.3 is 15.1 Å². The van der Waals surface area contributed by atoms with Crippen LogP contribution >= 0.6 is 0 Å². The largest absolute Gasteiger partial charge is 0.459 e. The number of hydrogen-bond donors (Lipinski definition) is 2. The number of pyridine rings is 1. The molecule has 2 N–H and O–H groups in total. The van der Waals surface area contributed by atoms with E-state index in [2.05, 4.69) is 15.6 Å². The van der Waals surface area contributed by atoms with Crippen LogP contribution in [0.4, 0.5) is 10.1 Å². The van der Waals surface area contributed by atoms with Crippen LogP contribution in [0.3, 0.4) is 0 Å². The summed E-state index contributed by atoms with van der Waals surface area (Å²) in [4.78, 5) is 44.5. The van der Waals surface area contributed by atoms with Crippen molar-refractivity contribution < 1.29 is 23.2 Å². The normalized spacial score (nSPS) is 14.4. The van der Waals surface area contributed by atoms with Gasteiger partial charge in [0.2, 0.25) is 11.8 Å². The highest BCUT2D eigenvalue weighted by molar-refractivity contribution is 6.04. The lowest BCUT2D eigenvalue weighted by atomic mass is 10.0. The SMILES string of the molecule is O=C(NCC(=O)N(c1cccc(F)c1)[C@H](C(=O)NC1CCCC1)c1ccncc1)c1ccco1. The summed E-state index contributed by atoms with van der Waals surface area (Å²) in [5, 5.41) is 5.54. The van der Waals surface area contributed by atoms with E-state index < -0.39 is 30.2 Å². The van der Waals surface area contributed by atoms with E-state index in [1.807, 2.05) is 0 Å². The molecule has 9 heteroatoms. The lowest BCUT2D eigenvalue weighted by Crippen LogP contribution is -2.49. The quantitative estimate of drug-likeness (QED) is 0.532. The first-order chi connectivity index (χ1) is 16.5. The molecule has 1 fully saturated rings. The van der Waals surface area contributed by atoms with Gasteiger partial charge in [0, 0.05) is 24.1 Å². The Labute approximate surface area is 196 Å². The van der Waals surface area contributed by atoms with Crippen LogP contribution in [-0.2, 0) is 9.59 Å². The maximum Gasteiger partial charge on any atom is 0.287 e. The molecule has 0 saturated heterocycles. The van der Waals surface area contributed by atoms with Crippen molar-refractivity contribution >= 4 is 23.4 Å². The molecule has 2 aromatic heterocycles. The van der Waals surface area contributed by atoms with Crippen LogP contribution in [-0.4, -0.2) is 35.3 Å². The van der Waals surface area contributed by atoms with Gasteiger partial charge in [-0.2, -0.15) is 0 Å². The molecule has 1 aromatic carbocycles. The standard InChI is InChI=1S/C25H25FN4O4/c26-18-5-3-8-20(15-18)30(22(31)16-28-24(32)21-9-4-14-34-21)23(17-10-12-27-13-11-17)25(33)29-19-6-1-2-7-19/h3-5,8-15,19,23H,1-2,6-7,16H2,(H,28,32)(H,29,33)/t23-/m0/s1. The third kappa shape index (κ3) is 5.48. The average molecular weight is 464 g/mol. The third-order valence-corrected chi connectivity index (χ3v) is 5.73. The molecule has 0 spiro atoms. The number of rotatable bonds is 8. The Morgan fingerprint density at radius 2 is 1.85 bits per heavy atom. The molecule has 4 rings (SSSR count). The number of halogens is 1. The molecule has 34 heavy (non-hydrogen) atoms. The van der Waals surface area contributed by atoms with Crippen LogP contribution in [0.25, 0.3) is 0 Å². The van der Waals surface area contributed by atoms with Crippen LogP contribution in [0.15, 0.2) is 71.6 Å². The predicted molar refractivity (Wildman–Crippen MR) is 122 cm³/mol. The minimum absolute atomic E-state index is 0.0138. The summed E-state index contributed by atoms with van der Waals surface area (Å²) in [5.41, 5.74) is 0.709. The molecule has 3 aromatic rings. The molecule has 1 saturated carbocycles. The van der Waals surface area contributed by atoms with E-state index in [4.69, 9.17) is 4.42 Å². The molecule has 0 radical (unpaired) electrons. The average Bonchev–Trinajstić information content (AvgIpc) is 3.56. The molecule has 3 amide bonds. The summed E-state index contributed by atoms with van der Waals surface area (Å²) in [6.45, 7) is -0.422. The molecule has 2 heterocycles. The van der Waals surface area contributed by atoms with Crippen LogP contribution < -0.4 is 15.5 Å². The van der Waals surface area contributed by atoms with Crippen molar-refractivity contribution in [1.82, 2.24) is 15.6 Å². The van der Waals surface area contributed by atoms with Crippen molar-refractivity contribution in [3.63, 3.8) is 0 Å². The second kappa shape index (κ2) is 10.7. The highest BCUT2D eigenvalue weighted by Crippen LogP contribution is 2.29. The van der Waals surface area contributed by atoms with E-state index in [9.17, 15) is 18.8 Å². The number of nitrogens with zero attached hydrogens (tertiary/aromatic N) is 2. The van der Waals surface area contributed by atoms with E-state index >= 15 is 0 Å². The zero-order valence-electron chi connectivity index (χ0n) is 18.4. The molecule has 8 nitrogen and oxygen atoms in total. The first kappa shape index (κ1) is 23.2. The van der Waals surface area contributed by atoms with E-state index in [-0.39, 0.29) is 23.4 Å². The van der Waals surface area contributed by atoms with Gasteiger partial charge >= 0.3 is 0 Å². The van der Waals surface area contributed by atoms with Crippen LogP contribution in [0, 0.1) is 5.82 Å². The van der Waals surface area contributed by atoms with E-state index in [1.165, 1.54) is 47.8 Å². The Morgan fingerprint density at radius 3 is 2.53 bits per heavy atom. The van der Waals surface area contributed by atoms with Crippen LogP contribution in [0.2, 0.25) is 0 Å². The highest BCUT2D eigenvalue weighted by atomic mass is 19.1. The van der Waals surface area contributed by atoms with E-state index in [0.717, 1.165) is 25.7 Å². The number of furan rings is 1. The fourth-order valence-electron chi connectivity index (χ4n) is 4.11. The summed E-state index contributed by atoms with van der Waals surface area (Å²) >= 11 is 0. The lowest BCUT2D eigenvalue weighted by Gasteiger charge is -2.32. The molecule has 1 atom stereocenters. The van der Waals surface area contributed by atoms with Crippen molar-refractivity contribution in [3.05, 3.63) is 84.3 Å². The Morgan fingerprint density at radius 1 is 1.09 bits per heavy atom. The maximum absolute atomic E-state index is 14.2. The van der Waals surface area contributed by atoms with Crippen molar-refractivity contribution in [3.8, 4) is 0 Å². The van der Waals surface area contributed by atoms with E-state index in [0.29, 0.717) is 5.56 Å². The summed E-state index contributed by atoms with van der Waals surface area (Å²) in [7, 11) is 0.